The van der Waals surface area contributed by atoms with Crippen LogP contribution in [0.1, 0.15) is 24.8 Å². The van der Waals surface area contributed by atoms with Crippen molar-refractivity contribution in [2.75, 3.05) is 11.9 Å². The lowest BCUT2D eigenvalue weighted by Crippen LogP contribution is -2.26. The largest absolute Gasteiger partial charge is 0.330 e. The summed E-state index contributed by atoms with van der Waals surface area (Å²) >= 11 is 0. The Morgan fingerprint density at radius 2 is 2.05 bits per heavy atom. The fraction of sp³-hybridized carbons (Fsp3) is 0.462. The van der Waals surface area contributed by atoms with E-state index in [2.05, 4.69) is 10.0 Å². The predicted molar refractivity (Wildman–Crippen MR) is 84.1 cm³/mol. The van der Waals surface area contributed by atoms with Gasteiger partial charge in [0, 0.05) is 24.7 Å². The molecular weight excluding hydrogens is 314 g/mol. The van der Waals surface area contributed by atoms with Gasteiger partial charge in [-0.3, -0.25) is 4.79 Å². The molecule has 1 amide bonds. The lowest BCUT2D eigenvalue weighted by Gasteiger charge is -2.11. The molecule has 1 aliphatic rings. The zero-order chi connectivity index (χ0) is 14.8. The fourth-order valence-electron chi connectivity index (χ4n) is 1.81. The Hall–Kier alpha value is -1.15. The molecule has 0 atom stereocenters. The number of anilines is 1. The van der Waals surface area contributed by atoms with Crippen LogP contribution in [0.15, 0.2) is 23.1 Å². The van der Waals surface area contributed by atoms with Crippen molar-refractivity contribution in [3.05, 3.63) is 23.8 Å². The second-order valence-corrected chi connectivity index (χ2v) is 6.65. The summed E-state index contributed by atoms with van der Waals surface area (Å²) < 4.78 is 27.1. The molecule has 21 heavy (non-hydrogen) atoms. The smallest absolute Gasteiger partial charge is 0.241 e. The van der Waals surface area contributed by atoms with Crippen LogP contribution in [-0.2, 0) is 14.8 Å². The molecule has 0 spiro atoms. The third kappa shape index (κ3) is 4.96. The molecule has 0 aromatic heterocycles. The number of aryl methyl sites for hydroxylation is 1. The number of hydrogen-bond acceptors (Lipinski definition) is 4. The zero-order valence-electron chi connectivity index (χ0n) is 11.8. The van der Waals surface area contributed by atoms with Gasteiger partial charge in [0.1, 0.15) is 0 Å². The fourth-order valence-corrected chi connectivity index (χ4v) is 3.38. The number of amides is 1. The summed E-state index contributed by atoms with van der Waals surface area (Å²) in [6.07, 6.45) is 1.96. The van der Waals surface area contributed by atoms with E-state index in [4.69, 9.17) is 5.73 Å². The maximum atomic E-state index is 12.2. The zero-order valence-corrected chi connectivity index (χ0v) is 13.4. The molecule has 0 radical (unpaired) electrons. The monoisotopic (exact) mass is 333 g/mol. The number of hydrogen-bond donors (Lipinski definition) is 3. The van der Waals surface area contributed by atoms with Gasteiger partial charge in [0.05, 0.1) is 4.90 Å². The third-order valence-corrected chi connectivity index (χ3v) is 4.69. The first-order chi connectivity index (χ1) is 9.42. The molecule has 8 heteroatoms. The van der Waals surface area contributed by atoms with Gasteiger partial charge in [-0.2, -0.15) is 0 Å². The van der Waals surface area contributed by atoms with Gasteiger partial charge in [-0.25, -0.2) is 13.1 Å². The SMILES string of the molecule is Cc1ccc(NC(=O)CCN)cc1S(=O)(=O)NC1CC1.Cl. The minimum atomic E-state index is -3.52. The molecule has 0 aliphatic heterocycles. The number of nitrogens with one attached hydrogen (secondary N) is 2. The molecule has 1 aromatic rings. The van der Waals surface area contributed by atoms with Gasteiger partial charge in [0.15, 0.2) is 0 Å². The quantitative estimate of drug-likeness (QED) is 0.726. The van der Waals surface area contributed by atoms with E-state index in [0.717, 1.165) is 12.8 Å². The molecule has 1 aromatic carbocycles. The number of halogens is 1. The van der Waals surface area contributed by atoms with Crippen molar-refractivity contribution in [2.24, 2.45) is 5.73 Å². The number of nitrogens with two attached hydrogens (primary N) is 1. The normalized spacial score (nSPS) is 14.4. The Labute approximate surface area is 130 Å². The van der Waals surface area contributed by atoms with Crippen LogP contribution in [0.3, 0.4) is 0 Å². The maximum Gasteiger partial charge on any atom is 0.241 e. The molecular formula is C13H20ClN3O3S. The number of sulfonamides is 1. The summed E-state index contributed by atoms with van der Waals surface area (Å²) in [6, 6.07) is 4.89. The minimum Gasteiger partial charge on any atom is -0.330 e. The van der Waals surface area contributed by atoms with Gasteiger partial charge >= 0.3 is 0 Å². The highest BCUT2D eigenvalue weighted by Crippen LogP contribution is 2.25. The summed E-state index contributed by atoms with van der Waals surface area (Å²) in [6.45, 7) is 1.99. The molecule has 1 saturated carbocycles. The van der Waals surface area contributed by atoms with Crippen molar-refractivity contribution in [1.29, 1.82) is 0 Å². The summed E-state index contributed by atoms with van der Waals surface area (Å²) in [5.41, 5.74) is 6.41. The van der Waals surface area contributed by atoms with E-state index in [1.807, 2.05) is 0 Å². The van der Waals surface area contributed by atoms with Crippen molar-refractivity contribution in [3.63, 3.8) is 0 Å². The molecule has 0 saturated heterocycles. The Bertz CT molecular complexity index is 615. The Morgan fingerprint density at radius 1 is 1.38 bits per heavy atom. The van der Waals surface area contributed by atoms with E-state index < -0.39 is 10.0 Å². The Kier molecular flexibility index (Phi) is 6.15. The van der Waals surface area contributed by atoms with Crippen molar-refractivity contribution in [2.45, 2.75) is 37.1 Å². The average molecular weight is 334 g/mol. The number of rotatable bonds is 6. The average Bonchev–Trinajstić information content (AvgIpc) is 3.15. The van der Waals surface area contributed by atoms with Crippen LogP contribution in [-0.4, -0.2) is 26.9 Å². The summed E-state index contributed by atoms with van der Waals surface area (Å²) in [4.78, 5) is 11.7. The Morgan fingerprint density at radius 3 is 2.62 bits per heavy atom. The highest BCUT2D eigenvalue weighted by Gasteiger charge is 2.28. The first-order valence-corrected chi connectivity index (χ1v) is 8.03. The summed E-state index contributed by atoms with van der Waals surface area (Å²) in [5, 5.41) is 2.64. The lowest BCUT2D eigenvalue weighted by atomic mass is 10.2. The molecule has 0 bridgehead atoms. The molecule has 6 nitrogen and oxygen atoms in total. The minimum absolute atomic E-state index is 0. The molecule has 4 N–H and O–H groups in total. The second kappa shape index (κ2) is 7.22. The molecule has 1 aliphatic carbocycles. The van der Waals surface area contributed by atoms with E-state index in [0.29, 0.717) is 11.3 Å². The van der Waals surface area contributed by atoms with Gasteiger partial charge < -0.3 is 11.1 Å². The van der Waals surface area contributed by atoms with Gasteiger partial charge in [-0.1, -0.05) is 6.07 Å². The van der Waals surface area contributed by atoms with Gasteiger partial charge in [0.25, 0.3) is 0 Å². The highest BCUT2D eigenvalue weighted by atomic mass is 35.5. The second-order valence-electron chi connectivity index (χ2n) is 4.96. The predicted octanol–water partition coefficient (Wildman–Crippen LogP) is 1.14. The van der Waals surface area contributed by atoms with Crippen molar-refractivity contribution in [3.8, 4) is 0 Å². The Balaban J connectivity index is 0.00000220. The number of carbonyl (C=O) groups is 1. The first-order valence-electron chi connectivity index (χ1n) is 6.55. The molecule has 1 fully saturated rings. The maximum absolute atomic E-state index is 12.2. The molecule has 2 rings (SSSR count). The van der Waals surface area contributed by atoms with Crippen LogP contribution < -0.4 is 15.8 Å². The van der Waals surface area contributed by atoms with E-state index in [1.165, 1.54) is 6.07 Å². The van der Waals surface area contributed by atoms with Crippen molar-refractivity contribution < 1.29 is 13.2 Å². The van der Waals surface area contributed by atoms with Crippen LogP contribution in [0, 0.1) is 6.92 Å². The first kappa shape index (κ1) is 17.9. The summed E-state index contributed by atoms with van der Waals surface area (Å²) in [7, 11) is -3.52. The lowest BCUT2D eigenvalue weighted by molar-refractivity contribution is -0.116. The molecule has 0 heterocycles. The van der Waals surface area contributed by atoms with E-state index in [-0.39, 0.29) is 42.2 Å². The summed E-state index contributed by atoms with van der Waals surface area (Å²) in [5.74, 6) is -0.227. The third-order valence-electron chi connectivity index (χ3n) is 3.03. The number of carbonyl (C=O) groups excluding carboxylic acids is 1. The number of benzene rings is 1. The van der Waals surface area contributed by atoms with Crippen molar-refractivity contribution in [1.82, 2.24) is 4.72 Å². The standard InChI is InChI=1S/C13H19N3O3S.ClH/c1-9-2-3-11(15-13(17)6-7-14)8-12(9)20(18,19)16-10-4-5-10;/h2-3,8,10,16H,4-7,14H2,1H3,(H,15,17);1H. The topological polar surface area (TPSA) is 101 Å². The van der Waals surface area contributed by atoms with Crippen LogP contribution in [0.2, 0.25) is 0 Å². The van der Waals surface area contributed by atoms with E-state index >= 15 is 0 Å². The van der Waals surface area contributed by atoms with E-state index in [1.54, 1.807) is 19.1 Å². The van der Waals surface area contributed by atoms with E-state index in [9.17, 15) is 13.2 Å². The van der Waals surface area contributed by atoms with Gasteiger partial charge in [-0.05, 0) is 37.5 Å². The molecule has 118 valence electrons. The molecule has 0 unspecified atom stereocenters. The van der Waals surface area contributed by atoms with Crippen LogP contribution in [0.4, 0.5) is 5.69 Å². The highest BCUT2D eigenvalue weighted by molar-refractivity contribution is 7.89. The van der Waals surface area contributed by atoms with Crippen molar-refractivity contribution >= 4 is 34.0 Å². The van der Waals surface area contributed by atoms with Gasteiger partial charge in [0.2, 0.25) is 15.9 Å². The van der Waals surface area contributed by atoms with Crippen LogP contribution in [0.5, 0.6) is 0 Å². The van der Waals surface area contributed by atoms with Gasteiger partial charge in [-0.15, -0.1) is 12.4 Å². The van der Waals surface area contributed by atoms with Crippen LogP contribution in [0.25, 0.3) is 0 Å². The van der Waals surface area contributed by atoms with Crippen LogP contribution >= 0.6 is 12.4 Å².